The number of benzene rings is 1. The van der Waals surface area contributed by atoms with Gasteiger partial charge < -0.3 is 4.42 Å². The molecule has 0 radical (unpaired) electrons. The highest BCUT2D eigenvalue weighted by Crippen LogP contribution is 2.21. The van der Waals surface area contributed by atoms with Gasteiger partial charge in [0.05, 0.1) is 11.3 Å². The molecular formula is C18H19N3O2. The van der Waals surface area contributed by atoms with Gasteiger partial charge in [0.1, 0.15) is 12.0 Å². The normalized spacial score (nSPS) is 12.1. The van der Waals surface area contributed by atoms with Crippen LogP contribution in [0.2, 0.25) is 0 Å². The number of para-hydroxylation sites is 1. The summed E-state index contributed by atoms with van der Waals surface area (Å²) in [5, 5.41) is 2.79. The van der Waals surface area contributed by atoms with Crippen molar-refractivity contribution in [1.29, 1.82) is 0 Å². The van der Waals surface area contributed by atoms with Crippen LogP contribution in [0.1, 0.15) is 37.9 Å². The van der Waals surface area contributed by atoms with E-state index in [0.29, 0.717) is 17.1 Å². The predicted octanol–water partition coefficient (Wildman–Crippen LogP) is 3.62. The number of aromatic amines is 1. The fourth-order valence-electron chi connectivity index (χ4n) is 2.13. The lowest BCUT2D eigenvalue weighted by Gasteiger charge is -2.11. The summed E-state index contributed by atoms with van der Waals surface area (Å²) in [4.78, 5) is 16.4. The minimum Gasteiger partial charge on any atom is -0.448 e. The molecule has 5 heteroatoms. The maximum Gasteiger partial charge on any atom is 0.271 e. The number of oxazole rings is 1. The number of hydrogen-bond donors (Lipinski definition) is 1. The Morgan fingerprint density at radius 3 is 2.57 bits per heavy atom. The van der Waals surface area contributed by atoms with E-state index in [1.165, 1.54) is 0 Å². The van der Waals surface area contributed by atoms with Crippen molar-refractivity contribution in [2.75, 3.05) is 0 Å². The maximum absolute atomic E-state index is 12.0. The van der Waals surface area contributed by atoms with Crippen molar-refractivity contribution in [3.63, 3.8) is 0 Å². The van der Waals surface area contributed by atoms with Crippen molar-refractivity contribution in [3.8, 4) is 5.69 Å². The summed E-state index contributed by atoms with van der Waals surface area (Å²) in [5.41, 5.74) is 1.88. The molecule has 0 atom stereocenters. The Balaban J connectivity index is 1.85. The lowest BCUT2D eigenvalue weighted by atomic mass is 9.97. The summed E-state index contributed by atoms with van der Waals surface area (Å²) >= 11 is 0. The Morgan fingerprint density at radius 1 is 1.17 bits per heavy atom. The molecular weight excluding hydrogens is 290 g/mol. The number of nitrogens with zero attached hydrogens (tertiary/aromatic N) is 2. The zero-order valence-corrected chi connectivity index (χ0v) is 13.4. The third kappa shape index (κ3) is 3.34. The predicted molar refractivity (Wildman–Crippen MR) is 90.5 cm³/mol. The fourth-order valence-corrected chi connectivity index (χ4v) is 2.13. The summed E-state index contributed by atoms with van der Waals surface area (Å²) < 4.78 is 7.17. The minimum absolute atomic E-state index is 0.139. The van der Waals surface area contributed by atoms with E-state index in [-0.39, 0.29) is 11.0 Å². The van der Waals surface area contributed by atoms with Crippen LogP contribution >= 0.6 is 0 Å². The van der Waals surface area contributed by atoms with Crippen LogP contribution in [-0.4, -0.2) is 14.8 Å². The van der Waals surface area contributed by atoms with Crippen LogP contribution in [0.5, 0.6) is 0 Å². The number of hydrogen-bond acceptors (Lipinski definition) is 3. The molecule has 0 aliphatic heterocycles. The van der Waals surface area contributed by atoms with Crippen molar-refractivity contribution in [2.45, 2.75) is 26.2 Å². The molecule has 1 N–H and O–H groups in total. The van der Waals surface area contributed by atoms with Gasteiger partial charge in [0, 0.05) is 11.6 Å². The van der Waals surface area contributed by atoms with E-state index in [1.807, 2.05) is 51.1 Å². The molecule has 0 aliphatic rings. The van der Waals surface area contributed by atoms with Gasteiger partial charge in [0.25, 0.3) is 5.56 Å². The van der Waals surface area contributed by atoms with Crippen molar-refractivity contribution in [1.82, 2.24) is 14.8 Å². The molecule has 0 saturated carbocycles. The van der Waals surface area contributed by atoms with Gasteiger partial charge in [0.2, 0.25) is 0 Å². The molecule has 0 unspecified atom stereocenters. The van der Waals surface area contributed by atoms with Gasteiger partial charge in [-0.3, -0.25) is 14.6 Å². The molecule has 2 heterocycles. The van der Waals surface area contributed by atoms with Crippen molar-refractivity contribution >= 4 is 12.2 Å². The minimum atomic E-state index is -0.148. The highest BCUT2D eigenvalue weighted by molar-refractivity contribution is 5.67. The van der Waals surface area contributed by atoms with E-state index in [1.54, 1.807) is 29.3 Å². The van der Waals surface area contributed by atoms with Crippen molar-refractivity contribution < 1.29 is 4.42 Å². The van der Waals surface area contributed by atoms with Gasteiger partial charge in [-0.25, -0.2) is 4.98 Å². The number of aromatic nitrogens is 3. The van der Waals surface area contributed by atoms with Crippen LogP contribution in [0.25, 0.3) is 17.8 Å². The first-order valence-electron chi connectivity index (χ1n) is 7.45. The highest BCUT2D eigenvalue weighted by Gasteiger charge is 2.19. The van der Waals surface area contributed by atoms with E-state index in [9.17, 15) is 4.79 Å². The second-order valence-electron chi connectivity index (χ2n) is 6.39. The Morgan fingerprint density at radius 2 is 1.91 bits per heavy atom. The van der Waals surface area contributed by atoms with E-state index >= 15 is 0 Å². The average Bonchev–Trinajstić information content (AvgIpc) is 3.12. The molecule has 5 nitrogen and oxygen atoms in total. The second kappa shape index (κ2) is 5.76. The largest absolute Gasteiger partial charge is 0.448 e. The Hall–Kier alpha value is -2.82. The van der Waals surface area contributed by atoms with Crippen LogP contribution in [0.3, 0.4) is 0 Å². The molecule has 1 aromatic carbocycles. The molecule has 0 bridgehead atoms. The zero-order valence-electron chi connectivity index (χ0n) is 13.4. The first kappa shape index (κ1) is 15.1. The average molecular weight is 309 g/mol. The van der Waals surface area contributed by atoms with Crippen molar-refractivity contribution in [3.05, 3.63) is 70.3 Å². The second-order valence-corrected chi connectivity index (χ2v) is 6.39. The molecule has 118 valence electrons. The summed E-state index contributed by atoms with van der Waals surface area (Å²) in [5.74, 6) is 0.674. The molecule has 0 saturated heterocycles. The standard InChI is InChI=1S/C18H19N3O2/c1-18(2,3)17-19-14(12-23-17)10-9-13-11-21(20-16(13)22)15-7-5-4-6-8-15/h4-12H,1-3H3,(H,20,22). The lowest BCUT2D eigenvalue weighted by Crippen LogP contribution is -2.11. The smallest absolute Gasteiger partial charge is 0.271 e. The molecule has 0 aliphatic carbocycles. The van der Waals surface area contributed by atoms with E-state index < -0.39 is 0 Å². The molecule has 2 aromatic heterocycles. The van der Waals surface area contributed by atoms with Gasteiger partial charge in [-0.1, -0.05) is 39.0 Å². The first-order chi connectivity index (χ1) is 10.9. The monoisotopic (exact) mass is 309 g/mol. The third-order valence-electron chi connectivity index (χ3n) is 3.38. The molecule has 0 fully saturated rings. The van der Waals surface area contributed by atoms with Crippen LogP contribution in [0.15, 0.2) is 52.0 Å². The van der Waals surface area contributed by atoms with E-state index in [0.717, 1.165) is 5.69 Å². The van der Waals surface area contributed by atoms with Crippen LogP contribution in [-0.2, 0) is 5.41 Å². The summed E-state index contributed by atoms with van der Waals surface area (Å²) in [6.07, 6.45) is 6.87. The number of nitrogens with one attached hydrogen (secondary N) is 1. The van der Waals surface area contributed by atoms with Gasteiger partial charge in [-0.2, -0.15) is 0 Å². The highest BCUT2D eigenvalue weighted by atomic mass is 16.3. The Labute approximate surface area is 134 Å². The summed E-state index contributed by atoms with van der Waals surface area (Å²) in [7, 11) is 0. The number of rotatable bonds is 3. The first-order valence-corrected chi connectivity index (χ1v) is 7.45. The molecule has 3 aromatic rings. The zero-order chi connectivity index (χ0) is 16.4. The van der Waals surface area contributed by atoms with Crippen LogP contribution in [0.4, 0.5) is 0 Å². The quantitative estimate of drug-likeness (QED) is 0.803. The van der Waals surface area contributed by atoms with Gasteiger partial charge in [-0.15, -0.1) is 0 Å². The van der Waals surface area contributed by atoms with Crippen molar-refractivity contribution in [2.24, 2.45) is 0 Å². The molecule has 3 rings (SSSR count). The van der Waals surface area contributed by atoms with Crippen LogP contribution < -0.4 is 5.56 Å². The van der Waals surface area contributed by atoms with Crippen LogP contribution in [0, 0.1) is 0 Å². The topological polar surface area (TPSA) is 63.8 Å². The molecule has 0 spiro atoms. The van der Waals surface area contributed by atoms with E-state index in [2.05, 4.69) is 10.1 Å². The Kier molecular flexibility index (Phi) is 3.78. The van der Waals surface area contributed by atoms with Gasteiger partial charge >= 0.3 is 0 Å². The Bertz CT molecular complexity index is 877. The molecule has 23 heavy (non-hydrogen) atoms. The SMILES string of the molecule is CC(C)(C)c1nc(C=Cc2cn(-c3ccccc3)[nH]c2=O)co1. The lowest BCUT2D eigenvalue weighted by molar-refractivity contribution is 0.392. The number of H-pyrrole nitrogens is 1. The summed E-state index contributed by atoms with van der Waals surface area (Å²) in [6.45, 7) is 6.12. The maximum atomic E-state index is 12.0. The third-order valence-corrected chi connectivity index (χ3v) is 3.38. The summed E-state index contributed by atoms with van der Waals surface area (Å²) in [6, 6.07) is 9.63. The van der Waals surface area contributed by atoms with Gasteiger partial charge in [0.15, 0.2) is 5.89 Å². The molecule has 0 amide bonds. The van der Waals surface area contributed by atoms with E-state index in [4.69, 9.17) is 4.42 Å². The van der Waals surface area contributed by atoms with Gasteiger partial charge in [-0.05, 0) is 24.3 Å². The fraction of sp³-hybridized carbons (Fsp3) is 0.222.